The molecule has 0 N–H and O–H groups in total. The van der Waals surface area contributed by atoms with Gasteiger partial charge in [0, 0.05) is 8.95 Å². The van der Waals surface area contributed by atoms with Gasteiger partial charge in [-0.05, 0) is 24.6 Å². The molecule has 2 heteroatoms. The van der Waals surface area contributed by atoms with Gasteiger partial charge in [-0.15, -0.1) is 0 Å². The first-order valence-electron chi connectivity index (χ1n) is 2.62. The Morgan fingerprint density at radius 1 is 1.22 bits per heavy atom. The molecule has 9 heavy (non-hydrogen) atoms. The summed E-state index contributed by atoms with van der Waals surface area (Å²) in [6, 6.07) is 6.13. The SMILES string of the molecule is Cc1ccc(Br)cc1Br. The lowest BCUT2D eigenvalue weighted by molar-refractivity contribution is 1.42. The fourth-order valence-electron chi connectivity index (χ4n) is 0.567. The predicted octanol–water partition coefficient (Wildman–Crippen LogP) is 3.52. The van der Waals surface area contributed by atoms with Crippen LogP contribution in [0.4, 0.5) is 0 Å². The highest BCUT2D eigenvalue weighted by Crippen LogP contribution is 2.20. The molecule has 1 rings (SSSR count). The zero-order chi connectivity index (χ0) is 6.85. The molecule has 0 atom stereocenters. The minimum atomic E-state index is 1.11. The Morgan fingerprint density at radius 3 is 2.33 bits per heavy atom. The van der Waals surface area contributed by atoms with E-state index in [-0.39, 0.29) is 0 Å². The Hall–Kier alpha value is 0.180. The number of halogens is 2. The van der Waals surface area contributed by atoms with Crippen molar-refractivity contribution in [3.05, 3.63) is 32.7 Å². The molecule has 48 valence electrons. The summed E-state index contributed by atoms with van der Waals surface area (Å²) < 4.78 is 2.26. The molecule has 0 spiro atoms. The van der Waals surface area contributed by atoms with Gasteiger partial charge in [0.1, 0.15) is 0 Å². The molecular weight excluding hydrogens is 244 g/mol. The highest BCUT2D eigenvalue weighted by molar-refractivity contribution is 9.11. The first-order chi connectivity index (χ1) is 4.20. The number of benzene rings is 1. The maximum absolute atomic E-state index is 3.42. The van der Waals surface area contributed by atoms with E-state index in [1.807, 2.05) is 12.1 Å². The Labute approximate surface area is 71.5 Å². The lowest BCUT2D eigenvalue weighted by atomic mass is 10.2. The van der Waals surface area contributed by atoms with Crippen molar-refractivity contribution in [1.82, 2.24) is 0 Å². The van der Waals surface area contributed by atoms with Gasteiger partial charge in [0.25, 0.3) is 0 Å². The Kier molecular flexibility index (Phi) is 2.30. The van der Waals surface area contributed by atoms with Crippen LogP contribution in [0.3, 0.4) is 0 Å². The van der Waals surface area contributed by atoms with Gasteiger partial charge < -0.3 is 0 Å². The van der Waals surface area contributed by atoms with Crippen LogP contribution in [0, 0.1) is 6.92 Å². The molecule has 0 amide bonds. The van der Waals surface area contributed by atoms with E-state index < -0.39 is 0 Å². The molecule has 0 heterocycles. The third-order valence-electron chi connectivity index (χ3n) is 1.13. The second-order valence-corrected chi connectivity index (χ2v) is 3.66. The molecule has 0 aromatic heterocycles. The number of rotatable bonds is 0. The highest BCUT2D eigenvalue weighted by atomic mass is 79.9. The fourth-order valence-corrected chi connectivity index (χ4v) is 1.61. The first kappa shape index (κ1) is 7.29. The van der Waals surface area contributed by atoms with Crippen LogP contribution in [0.1, 0.15) is 5.56 Å². The summed E-state index contributed by atoms with van der Waals surface area (Å²) >= 11 is 6.78. The van der Waals surface area contributed by atoms with Crippen molar-refractivity contribution in [2.24, 2.45) is 0 Å². The van der Waals surface area contributed by atoms with E-state index in [1.54, 1.807) is 0 Å². The normalized spacial score (nSPS) is 9.67. The van der Waals surface area contributed by atoms with Gasteiger partial charge in [-0.25, -0.2) is 0 Å². The van der Waals surface area contributed by atoms with Crippen molar-refractivity contribution in [1.29, 1.82) is 0 Å². The molecule has 1 aromatic carbocycles. The van der Waals surface area contributed by atoms with Crippen molar-refractivity contribution in [2.75, 3.05) is 0 Å². The average Bonchev–Trinajstić information content (AvgIpc) is 1.80. The smallest absolute Gasteiger partial charge is 0.0215 e. The number of hydrogen-bond acceptors (Lipinski definition) is 0. The molecule has 0 aliphatic rings. The van der Waals surface area contributed by atoms with Crippen LogP contribution in [0.5, 0.6) is 0 Å². The second kappa shape index (κ2) is 2.84. The van der Waals surface area contributed by atoms with Crippen LogP contribution in [-0.4, -0.2) is 0 Å². The zero-order valence-electron chi connectivity index (χ0n) is 4.99. The molecular formula is C7H6Br2. The third kappa shape index (κ3) is 1.80. The lowest BCUT2D eigenvalue weighted by Crippen LogP contribution is -1.72. The summed E-state index contributed by atoms with van der Waals surface area (Å²) in [6.07, 6.45) is 0. The molecule has 0 radical (unpaired) electrons. The quantitative estimate of drug-likeness (QED) is 0.660. The van der Waals surface area contributed by atoms with Gasteiger partial charge in [-0.1, -0.05) is 37.9 Å². The van der Waals surface area contributed by atoms with Crippen molar-refractivity contribution in [3.63, 3.8) is 0 Å². The Balaban J connectivity index is 3.17. The summed E-state index contributed by atoms with van der Waals surface area (Å²) in [5.74, 6) is 0. The largest absolute Gasteiger partial charge is 0.0571 e. The average molecular weight is 250 g/mol. The van der Waals surface area contributed by atoms with Gasteiger partial charge in [0.2, 0.25) is 0 Å². The molecule has 0 saturated carbocycles. The molecule has 0 aliphatic carbocycles. The molecule has 0 saturated heterocycles. The molecule has 0 bridgehead atoms. The zero-order valence-corrected chi connectivity index (χ0v) is 8.16. The van der Waals surface area contributed by atoms with Gasteiger partial charge >= 0.3 is 0 Å². The molecule has 0 fully saturated rings. The van der Waals surface area contributed by atoms with E-state index in [0.29, 0.717) is 0 Å². The summed E-state index contributed by atoms with van der Waals surface area (Å²) in [7, 11) is 0. The van der Waals surface area contributed by atoms with E-state index in [4.69, 9.17) is 0 Å². The fraction of sp³-hybridized carbons (Fsp3) is 0.143. The van der Waals surface area contributed by atoms with E-state index in [0.717, 1.165) is 8.95 Å². The standard InChI is InChI=1S/C7H6Br2/c1-5-2-3-6(8)4-7(5)9/h2-4H,1H3. The Morgan fingerprint density at radius 2 is 1.89 bits per heavy atom. The maximum Gasteiger partial charge on any atom is 0.0215 e. The monoisotopic (exact) mass is 248 g/mol. The Bertz CT molecular complexity index is 218. The van der Waals surface area contributed by atoms with Crippen LogP contribution in [-0.2, 0) is 0 Å². The summed E-state index contributed by atoms with van der Waals surface area (Å²) in [5.41, 5.74) is 1.26. The second-order valence-electron chi connectivity index (χ2n) is 1.89. The maximum atomic E-state index is 3.42. The summed E-state index contributed by atoms with van der Waals surface area (Å²) in [4.78, 5) is 0. The van der Waals surface area contributed by atoms with Crippen molar-refractivity contribution in [3.8, 4) is 0 Å². The van der Waals surface area contributed by atoms with E-state index in [2.05, 4.69) is 44.8 Å². The van der Waals surface area contributed by atoms with Crippen LogP contribution >= 0.6 is 31.9 Å². The van der Waals surface area contributed by atoms with Gasteiger partial charge in [0.15, 0.2) is 0 Å². The van der Waals surface area contributed by atoms with E-state index in [9.17, 15) is 0 Å². The predicted molar refractivity (Wildman–Crippen MR) is 46.6 cm³/mol. The molecule has 0 aliphatic heterocycles. The molecule has 0 unspecified atom stereocenters. The van der Waals surface area contributed by atoms with Crippen LogP contribution < -0.4 is 0 Å². The number of hydrogen-bond donors (Lipinski definition) is 0. The van der Waals surface area contributed by atoms with Crippen LogP contribution in [0.25, 0.3) is 0 Å². The van der Waals surface area contributed by atoms with Crippen LogP contribution in [0.2, 0.25) is 0 Å². The van der Waals surface area contributed by atoms with Crippen LogP contribution in [0.15, 0.2) is 27.1 Å². The van der Waals surface area contributed by atoms with Gasteiger partial charge in [0.05, 0.1) is 0 Å². The van der Waals surface area contributed by atoms with Crippen molar-refractivity contribution < 1.29 is 0 Å². The summed E-state index contributed by atoms with van der Waals surface area (Å²) in [5, 5.41) is 0. The van der Waals surface area contributed by atoms with Gasteiger partial charge in [-0.2, -0.15) is 0 Å². The van der Waals surface area contributed by atoms with E-state index >= 15 is 0 Å². The minimum absolute atomic E-state index is 1.11. The number of aryl methyl sites for hydroxylation is 1. The van der Waals surface area contributed by atoms with Crippen molar-refractivity contribution >= 4 is 31.9 Å². The minimum Gasteiger partial charge on any atom is -0.0571 e. The third-order valence-corrected chi connectivity index (χ3v) is 2.48. The lowest BCUT2D eigenvalue weighted by Gasteiger charge is -1.95. The highest BCUT2D eigenvalue weighted by Gasteiger charge is 1.92. The van der Waals surface area contributed by atoms with Crippen molar-refractivity contribution in [2.45, 2.75) is 6.92 Å². The summed E-state index contributed by atoms with van der Waals surface area (Å²) in [6.45, 7) is 2.07. The van der Waals surface area contributed by atoms with Gasteiger partial charge in [-0.3, -0.25) is 0 Å². The first-order valence-corrected chi connectivity index (χ1v) is 4.20. The van der Waals surface area contributed by atoms with E-state index in [1.165, 1.54) is 5.56 Å². The molecule has 0 nitrogen and oxygen atoms in total. The topological polar surface area (TPSA) is 0 Å². The molecule has 1 aromatic rings.